The normalized spacial score (nSPS) is 24.1. The Morgan fingerprint density at radius 1 is 0.594 bits per heavy atom. The summed E-state index contributed by atoms with van der Waals surface area (Å²) in [6, 6.07) is 2.91. The maximum atomic E-state index is 15.7. The van der Waals surface area contributed by atoms with Gasteiger partial charge in [-0.1, -0.05) is 123 Å². The number of likely N-dealkylation sites (N-methyl/N-ethyl adjacent to an activating group) is 4. The summed E-state index contributed by atoms with van der Waals surface area (Å²) in [6.45, 7) is 16.9. The Kier molecular flexibility index (Phi) is 41.8. The van der Waals surface area contributed by atoms with Crippen molar-refractivity contribution in [2.24, 2.45) is 23.5 Å². The first-order valence-electron chi connectivity index (χ1n) is 47.5. The fourth-order valence-corrected chi connectivity index (χ4v) is 18.0. The topological polar surface area (TPSA) is 554 Å². The molecule has 41 heteroatoms. The van der Waals surface area contributed by atoms with Crippen LogP contribution in [0, 0.1) is 17.8 Å². The van der Waals surface area contributed by atoms with Gasteiger partial charge >= 0.3 is 6.09 Å². The van der Waals surface area contributed by atoms with Gasteiger partial charge in [0.1, 0.15) is 77.8 Å². The minimum Gasteiger partial charge on any atom is -0.508 e. The Labute approximate surface area is 809 Å². The smallest absolute Gasteiger partial charge is 0.410 e. The molecular weight excluding hydrogens is 1800 g/mol. The van der Waals surface area contributed by atoms with Crippen LogP contribution in [0.5, 0.6) is 5.75 Å². The lowest BCUT2D eigenvalue weighted by molar-refractivity contribution is -0.149. The number of hydrogen-bond acceptors (Lipinski definition) is 22. The first-order valence-corrected chi connectivity index (χ1v) is 48.7. The van der Waals surface area contributed by atoms with E-state index >= 15 is 33.6 Å². The summed E-state index contributed by atoms with van der Waals surface area (Å²) in [7, 11) is 5.51. The molecule has 0 aliphatic carbocycles. The number of hydrogen-bond donors (Lipinski definition) is 15. The molecular formula is C97H141N19O21S. The number of nitrogens with two attached hydrogens (primary N) is 1. The van der Waals surface area contributed by atoms with Crippen LogP contribution >= 0.6 is 11.8 Å². The van der Waals surface area contributed by atoms with Crippen molar-refractivity contribution in [2.75, 3.05) is 79.0 Å². The van der Waals surface area contributed by atoms with E-state index in [4.69, 9.17) is 10.5 Å². The van der Waals surface area contributed by atoms with Crippen molar-refractivity contribution in [3.63, 3.8) is 0 Å². The number of aliphatic hydroxyl groups is 1. The molecule has 0 bridgehead atoms. The van der Waals surface area contributed by atoms with Crippen molar-refractivity contribution < 1.29 is 101 Å². The van der Waals surface area contributed by atoms with Crippen molar-refractivity contribution in [3.05, 3.63) is 102 Å². The van der Waals surface area contributed by atoms with Crippen molar-refractivity contribution in [3.8, 4) is 5.75 Å². The van der Waals surface area contributed by atoms with Crippen LogP contribution in [-0.4, -0.2) is 319 Å². The van der Waals surface area contributed by atoms with Gasteiger partial charge < -0.3 is 113 Å². The summed E-state index contributed by atoms with van der Waals surface area (Å²) in [4.78, 5) is 277. The summed E-state index contributed by atoms with van der Waals surface area (Å²) in [5, 5.41) is 50.1. The second-order valence-electron chi connectivity index (χ2n) is 37.9. The molecule has 0 spiro atoms. The van der Waals surface area contributed by atoms with Crippen LogP contribution in [0.25, 0.3) is 21.8 Å². The molecule has 40 nitrogen and oxygen atoms in total. The Morgan fingerprint density at radius 3 is 1.75 bits per heavy atom. The van der Waals surface area contributed by atoms with E-state index in [1.165, 1.54) is 74.1 Å². The number of aromatic nitrogens is 2. The van der Waals surface area contributed by atoms with E-state index in [0.29, 0.717) is 64.2 Å². The standard InChI is InChI=1S/C97H141N19O21S/c1-16-19-30-75-89(129)107-69(40-55(4)5)88(128)110-74(86(126)103-50-81(121)99-37-39-111(12)96(136)137-97(9,10)11)53-138-54-83(123)105-71(42-58-33-35-62(117)36-34-58)91(131)112(13)57(8)84(124)108-73(47-80(98)120)93(133)115-38-25-32-76(115)90(130)106-66(18-3)87(127)109-70(41-56(6)7)94(134)116-52-63(118)46-78(116)79(119)45-59(43-60-48-100-67-28-23-21-26-64(60)67)85(125)102-51-82(122)104-72(44-61-49-101-68-29-24-22-27-65(61)68)92(132)114(15)77(31-20-17-2)95(135)113(75)14/h21-24,26-29,33-36,48-49,55-57,59,63,66,69-78,100-101,117-118H,16-20,25,30-32,37-47,50-54H2,1-15H3,(H2,98,120)(H,99,121)(H,102,125)(H,103,126)(H,104,122)(H,105,123)(H,106,130)(H,107,129)(H,108,124)(H,109,127)(H,110,128)/t57-,59+,63+,66-,69-,70-,71-,72?,73-,74-,75-,76-,77-,78-/m0/s1. The third-order valence-corrected chi connectivity index (χ3v) is 25.9. The van der Waals surface area contributed by atoms with Crippen molar-refractivity contribution in [1.29, 1.82) is 0 Å². The number of aliphatic hydroxyl groups excluding tert-OH is 1. The number of carbonyl (C=O) groups is 18. The van der Waals surface area contributed by atoms with Gasteiger partial charge in [-0.3, -0.25) is 81.5 Å². The Bertz CT molecular complexity index is 5130. The molecule has 0 radical (unpaired) electrons. The molecule has 138 heavy (non-hydrogen) atoms. The van der Waals surface area contributed by atoms with Crippen LogP contribution in [0.4, 0.5) is 4.79 Å². The van der Waals surface area contributed by atoms with E-state index in [1.54, 1.807) is 86.0 Å². The van der Waals surface area contributed by atoms with Gasteiger partial charge in [-0.25, -0.2) is 4.79 Å². The lowest BCUT2D eigenvalue weighted by atomic mass is 9.90. The van der Waals surface area contributed by atoms with Gasteiger partial charge in [-0.05, 0) is 132 Å². The van der Waals surface area contributed by atoms with E-state index in [9.17, 15) is 63.0 Å². The third-order valence-electron chi connectivity index (χ3n) is 24.9. The second kappa shape index (κ2) is 52.2. The molecule has 3 fully saturated rings. The van der Waals surface area contributed by atoms with Gasteiger partial charge in [-0.15, -0.1) is 11.8 Å². The van der Waals surface area contributed by atoms with Crippen LogP contribution in [0.15, 0.2) is 85.2 Å². The van der Waals surface area contributed by atoms with Crippen molar-refractivity contribution in [2.45, 2.75) is 270 Å². The van der Waals surface area contributed by atoms with Gasteiger partial charge in [-0.2, -0.15) is 0 Å². The van der Waals surface area contributed by atoms with E-state index in [2.05, 4.69) is 63.1 Å². The number of ether oxygens (including phenoxy) is 1. The number of fused-ring (bicyclic) bond motifs is 4. The largest absolute Gasteiger partial charge is 0.508 e. The predicted molar refractivity (Wildman–Crippen MR) is 516 cm³/mol. The first kappa shape index (κ1) is 111. The molecule has 14 atom stereocenters. The number of para-hydroxylation sites is 2. The number of Topliss-reactive ketones (excluding diaryl/α,β-unsaturated/α-hetero) is 1. The highest BCUT2D eigenvalue weighted by atomic mass is 32.2. The van der Waals surface area contributed by atoms with Gasteiger partial charge in [0.15, 0.2) is 5.78 Å². The number of ketones is 1. The molecule has 8 rings (SSSR count). The number of benzene rings is 3. The molecule has 5 heterocycles. The maximum absolute atomic E-state index is 15.7. The maximum Gasteiger partial charge on any atom is 0.410 e. The number of primary amides is 1. The number of nitrogens with zero attached hydrogens (tertiary/aromatic N) is 6. The highest BCUT2D eigenvalue weighted by Crippen LogP contribution is 2.30. The fourth-order valence-electron chi connectivity index (χ4n) is 17.2. The molecule has 2 aromatic heterocycles. The highest BCUT2D eigenvalue weighted by molar-refractivity contribution is 8.00. The van der Waals surface area contributed by atoms with E-state index in [0.717, 1.165) is 26.5 Å². The SMILES string of the molecule is CCCC[C@H]1C(=O)N(C)[C@@H](CCCC)C(=O)N[C@@H](CC(C)C)C(=O)N[C@H](C(=O)NCC(=O)NCCN(C)C(=O)OC(C)(C)C)CSCC(=O)N[C@@H](Cc2ccc(O)cc2)C(=O)N(C)[C@@H](C)C(=O)N[C@@H](CC(N)=O)C(=O)N2CCC[C@H]2C(=O)N[C@@H](CC)C(=O)N[C@@H](CC(C)C)C(=O)N2C[C@H](O)C[C@H]2C(=O)C[C@@H](Cc2c[nH]c3ccccc23)C(=O)NCC(=O)NC(Cc2c[nH]c3ccccc23)C(=O)N1C. The molecule has 0 saturated carbocycles. The number of aromatic amines is 2. The fraction of sp³-hybridized carbons (Fsp3) is 0.588. The van der Waals surface area contributed by atoms with Gasteiger partial charge in [0.25, 0.3) is 0 Å². The zero-order valence-corrected chi connectivity index (χ0v) is 82.6. The summed E-state index contributed by atoms with van der Waals surface area (Å²) >= 11 is 0.802. The van der Waals surface area contributed by atoms with E-state index in [1.807, 2.05) is 44.2 Å². The summed E-state index contributed by atoms with van der Waals surface area (Å²) in [6.07, 6.45) is 1.40. The van der Waals surface area contributed by atoms with Crippen LogP contribution in [0.1, 0.15) is 183 Å². The number of H-pyrrole nitrogens is 2. The number of phenolic OH excluding ortho intramolecular Hbond substituents is 1. The predicted octanol–water partition coefficient (Wildman–Crippen LogP) is 2.53. The van der Waals surface area contributed by atoms with Crippen LogP contribution < -0.4 is 58.9 Å². The lowest BCUT2D eigenvalue weighted by Gasteiger charge is -2.36. The van der Waals surface area contributed by atoms with Crippen LogP contribution in [-0.2, 0) is 106 Å². The zero-order chi connectivity index (χ0) is 102. The summed E-state index contributed by atoms with van der Waals surface area (Å²) < 4.78 is 5.41. The minimum absolute atomic E-state index is 0.00104. The lowest BCUT2D eigenvalue weighted by Crippen LogP contribution is -2.60. The quantitative estimate of drug-likeness (QED) is 0.0399. The van der Waals surface area contributed by atoms with Crippen LogP contribution in [0.2, 0.25) is 0 Å². The number of thioether (sulfide) groups is 1. The first-order chi connectivity index (χ1) is 65.3. The highest BCUT2D eigenvalue weighted by Gasteiger charge is 2.46. The molecule has 16 N–H and O–H groups in total. The second-order valence-corrected chi connectivity index (χ2v) is 38.9. The number of unbranched alkanes of at least 4 members (excludes halogenated alkanes) is 2. The molecule has 3 aliphatic rings. The molecule has 3 aromatic carbocycles. The Balaban J connectivity index is 1.17. The monoisotopic (exact) mass is 1940 g/mol. The number of carbonyl (C=O) groups excluding carboxylic acids is 18. The Hall–Kier alpha value is -12.7. The average molecular weight is 1940 g/mol. The zero-order valence-electron chi connectivity index (χ0n) is 81.8. The number of phenols is 1. The van der Waals surface area contributed by atoms with Gasteiger partial charge in [0.05, 0.1) is 37.4 Å². The number of amides is 17. The molecule has 756 valence electrons. The molecule has 3 saturated heterocycles. The van der Waals surface area contributed by atoms with Gasteiger partial charge in [0.2, 0.25) is 94.5 Å². The molecule has 3 aliphatic heterocycles. The number of nitrogens with one attached hydrogen (secondary N) is 12. The Morgan fingerprint density at radius 2 is 1.14 bits per heavy atom. The summed E-state index contributed by atoms with van der Waals surface area (Å²) in [5.74, 6) is -17.1. The summed E-state index contributed by atoms with van der Waals surface area (Å²) in [5.41, 5.74) is 7.92. The van der Waals surface area contributed by atoms with Crippen molar-refractivity contribution >= 4 is 140 Å². The number of rotatable bonds is 25. The number of aromatic hydroxyl groups is 1. The van der Waals surface area contributed by atoms with Crippen molar-refractivity contribution in [1.82, 2.24) is 92.5 Å². The molecule has 17 amide bonds. The average Bonchev–Trinajstić information content (AvgIpc) is 1.69. The van der Waals surface area contributed by atoms with E-state index in [-0.39, 0.29) is 114 Å². The molecule has 1 unspecified atom stereocenters. The molecule has 5 aromatic rings. The third kappa shape index (κ3) is 31.9. The van der Waals surface area contributed by atoms with Crippen LogP contribution in [0.3, 0.4) is 0 Å². The van der Waals surface area contributed by atoms with Gasteiger partial charge in [0, 0.05) is 126 Å². The van der Waals surface area contributed by atoms with E-state index < -0.39 is 234 Å². The minimum atomic E-state index is -1.74.